The van der Waals surface area contributed by atoms with Gasteiger partial charge in [0, 0.05) is 16.0 Å². The molecular formula is C21H19ClN2O4S. The second kappa shape index (κ2) is 8.31. The summed E-state index contributed by atoms with van der Waals surface area (Å²) in [4.78, 5) is 17.3. The van der Waals surface area contributed by atoms with Crippen LogP contribution in [0.3, 0.4) is 0 Å². The van der Waals surface area contributed by atoms with Gasteiger partial charge in [-0.05, 0) is 48.4 Å². The van der Waals surface area contributed by atoms with Crippen LogP contribution in [-0.4, -0.2) is 31.7 Å². The number of carbonyl (C=O) groups is 1. The number of ether oxygens (including phenoxy) is 3. The average Bonchev–Trinajstić information content (AvgIpc) is 3.20. The summed E-state index contributed by atoms with van der Waals surface area (Å²) in [5.41, 5.74) is 2.44. The SMILES string of the molecule is COc1ccc(OC)c(-c2csc(NC(=O)C3COc4ccc(Cl)cc4C3)n2)c1. The van der Waals surface area contributed by atoms with Crippen molar-refractivity contribution in [3.8, 4) is 28.5 Å². The molecule has 29 heavy (non-hydrogen) atoms. The number of fused-ring (bicyclic) bond motifs is 1. The summed E-state index contributed by atoms with van der Waals surface area (Å²) in [6.45, 7) is 0.322. The van der Waals surface area contributed by atoms with Crippen molar-refractivity contribution in [3.05, 3.63) is 52.4 Å². The first-order valence-corrected chi connectivity index (χ1v) is 10.2. The van der Waals surface area contributed by atoms with Gasteiger partial charge >= 0.3 is 0 Å². The summed E-state index contributed by atoms with van der Waals surface area (Å²) < 4.78 is 16.4. The molecule has 0 spiro atoms. The Morgan fingerprint density at radius 3 is 2.90 bits per heavy atom. The first kappa shape index (κ1) is 19.5. The van der Waals surface area contributed by atoms with Crippen molar-refractivity contribution in [1.82, 2.24) is 4.98 Å². The van der Waals surface area contributed by atoms with Crippen LogP contribution in [0.2, 0.25) is 5.02 Å². The van der Waals surface area contributed by atoms with E-state index in [4.69, 9.17) is 25.8 Å². The van der Waals surface area contributed by atoms with Crippen LogP contribution in [0.4, 0.5) is 5.13 Å². The molecule has 2 aromatic carbocycles. The molecule has 0 radical (unpaired) electrons. The van der Waals surface area contributed by atoms with Gasteiger partial charge < -0.3 is 19.5 Å². The van der Waals surface area contributed by atoms with Crippen LogP contribution in [-0.2, 0) is 11.2 Å². The van der Waals surface area contributed by atoms with E-state index in [-0.39, 0.29) is 11.8 Å². The second-order valence-corrected chi connectivity index (χ2v) is 7.85. The summed E-state index contributed by atoms with van der Waals surface area (Å²) in [5.74, 6) is 1.73. The van der Waals surface area contributed by atoms with Gasteiger partial charge in [0.05, 0.1) is 25.8 Å². The second-order valence-electron chi connectivity index (χ2n) is 6.56. The summed E-state index contributed by atoms with van der Waals surface area (Å²) in [6.07, 6.45) is 0.573. The molecule has 1 unspecified atom stereocenters. The molecule has 0 fully saturated rings. The monoisotopic (exact) mass is 430 g/mol. The number of nitrogens with zero attached hydrogens (tertiary/aromatic N) is 1. The average molecular weight is 431 g/mol. The summed E-state index contributed by atoms with van der Waals surface area (Å²) >= 11 is 7.41. The van der Waals surface area contributed by atoms with Crippen molar-refractivity contribution in [2.45, 2.75) is 6.42 Å². The number of amides is 1. The molecule has 4 rings (SSSR count). The van der Waals surface area contributed by atoms with Crippen molar-refractivity contribution in [2.75, 3.05) is 26.1 Å². The number of anilines is 1. The van der Waals surface area contributed by atoms with Gasteiger partial charge in [0.1, 0.15) is 23.9 Å². The van der Waals surface area contributed by atoms with Gasteiger partial charge in [-0.15, -0.1) is 11.3 Å². The van der Waals surface area contributed by atoms with Gasteiger partial charge in [-0.3, -0.25) is 4.79 Å². The highest BCUT2D eigenvalue weighted by Gasteiger charge is 2.27. The minimum Gasteiger partial charge on any atom is -0.497 e. The number of carbonyl (C=O) groups excluding carboxylic acids is 1. The first-order valence-electron chi connectivity index (χ1n) is 8.97. The molecule has 1 N–H and O–H groups in total. The number of hydrogen-bond donors (Lipinski definition) is 1. The summed E-state index contributed by atoms with van der Waals surface area (Å²) in [5, 5.41) is 5.92. The number of benzene rings is 2. The molecule has 1 aliphatic rings. The smallest absolute Gasteiger partial charge is 0.233 e. The minimum absolute atomic E-state index is 0.130. The molecular weight excluding hydrogens is 412 g/mol. The van der Waals surface area contributed by atoms with Crippen LogP contribution < -0.4 is 19.5 Å². The van der Waals surface area contributed by atoms with Crippen LogP contribution in [0, 0.1) is 5.92 Å². The first-order chi connectivity index (χ1) is 14.1. The molecule has 1 aromatic heterocycles. The van der Waals surface area contributed by atoms with Crippen LogP contribution in [0.25, 0.3) is 11.3 Å². The Morgan fingerprint density at radius 2 is 2.10 bits per heavy atom. The Hall–Kier alpha value is -2.77. The Morgan fingerprint density at radius 1 is 1.24 bits per heavy atom. The quantitative estimate of drug-likeness (QED) is 0.637. The molecule has 1 aliphatic heterocycles. The van der Waals surface area contributed by atoms with E-state index in [0.29, 0.717) is 40.4 Å². The van der Waals surface area contributed by atoms with Crippen LogP contribution in [0.5, 0.6) is 17.2 Å². The Labute approximate surface area is 177 Å². The molecule has 8 heteroatoms. The topological polar surface area (TPSA) is 69.7 Å². The Bertz CT molecular complexity index is 1050. The van der Waals surface area contributed by atoms with Gasteiger partial charge in [-0.2, -0.15) is 0 Å². The Kier molecular flexibility index (Phi) is 5.60. The van der Waals surface area contributed by atoms with Crippen molar-refractivity contribution in [3.63, 3.8) is 0 Å². The number of rotatable bonds is 5. The van der Waals surface area contributed by atoms with Gasteiger partial charge in [0.2, 0.25) is 5.91 Å². The molecule has 3 aromatic rings. The number of methoxy groups -OCH3 is 2. The van der Waals surface area contributed by atoms with Crippen LogP contribution in [0.15, 0.2) is 41.8 Å². The van der Waals surface area contributed by atoms with E-state index in [1.54, 1.807) is 20.3 Å². The molecule has 1 atom stereocenters. The van der Waals surface area contributed by atoms with Crippen molar-refractivity contribution in [1.29, 1.82) is 0 Å². The van der Waals surface area contributed by atoms with Crippen molar-refractivity contribution < 1.29 is 19.0 Å². The highest BCUT2D eigenvalue weighted by Crippen LogP contribution is 2.35. The van der Waals surface area contributed by atoms with Gasteiger partial charge in [-0.1, -0.05) is 11.6 Å². The van der Waals surface area contributed by atoms with E-state index in [1.807, 2.05) is 35.7 Å². The summed E-state index contributed by atoms with van der Waals surface area (Å²) in [7, 11) is 3.21. The maximum atomic E-state index is 12.7. The number of halogens is 1. The zero-order valence-corrected chi connectivity index (χ0v) is 17.5. The lowest BCUT2D eigenvalue weighted by Crippen LogP contribution is -2.32. The third kappa shape index (κ3) is 4.16. The van der Waals surface area contributed by atoms with Crippen LogP contribution in [0.1, 0.15) is 5.56 Å². The van der Waals surface area contributed by atoms with E-state index >= 15 is 0 Å². The zero-order valence-electron chi connectivity index (χ0n) is 15.9. The van der Waals surface area contributed by atoms with E-state index in [1.165, 1.54) is 11.3 Å². The standard InChI is InChI=1S/C21H19ClN2O4S/c1-26-15-4-6-19(27-2)16(9-15)17-11-29-21(23-17)24-20(25)13-7-12-8-14(22)3-5-18(12)28-10-13/h3-6,8-9,11,13H,7,10H2,1-2H3,(H,23,24,25). The number of hydrogen-bond acceptors (Lipinski definition) is 6. The predicted octanol–water partition coefficient (Wildman–Crippen LogP) is 4.67. The number of thiazole rings is 1. The highest BCUT2D eigenvalue weighted by molar-refractivity contribution is 7.14. The maximum absolute atomic E-state index is 12.7. The van der Waals surface area contributed by atoms with Gasteiger partial charge in [0.15, 0.2) is 5.13 Å². The van der Waals surface area contributed by atoms with Gasteiger partial charge in [-0.25, -0.2) is 4.98 Å². The molecule has 6 nitrogen and oxygen atoms in total. The van der Waals surface area contributed by atoms with Crippen molar-refractivity contribution >= 4 is 34.0 Å². The summed E-state index contributed by atoms with van der Waals surface area (Å²) in [6, 6.07) is 11.0. The van der Waals surface area contributed by atoms with E-state index in [2.05, 4.69) is 10.3 Å². The molecule has 0 saturated carbocycles. The molecule has 150 valence electrons. The predicted molar refractivity (Wildman–Crippen MR) is 113 cm³/mol. The zero-order chi connectivity index (χ0) is 20.4. The molecule has 0 saturated heterocycles. The Balaban J connectivity index is 1.49. The highest BCUT2D eigenvalue weighted by atomic mass is 35.5. The largest absolute Gasteiger partial charge is 0.497 e. The fraction of sp³-hybridized carbons (Fsp3) is 0.238. The number of aromatic nitrogens is 1. The van der Waals surface area contributed by atoms with E-state index < -0.39 is 0 Å². The van der Waals surface area contributed by atoms with E-state index in [9.17, 15) is 4.79 Å². The third-order valence-electron chi connectivity index (χ3n) is 4.72. The fourth-order valence-corrected chi connectivity index (χ4v) is 4.12. The fourth-order valence-electron chi connectivity index (χ4n) is 3.21. The third-order valence-corrected chi connectivity index (χ3v) is 5.71. The lowest BCUT2D eigenvalue weighted by Gasteiger charge is -2.24. The maximum Gasteiger partial charge on any atom is 0.233 e. The molecule has 0 bridgehead atoms. The van der Waals surface area contributed by atoms with E-state index in [0.717, 1.165) is 16.9 Å². The lowest BCUT2D eigenvalue weighted by molar-refractivity contribution is -0.121. The molecule has 0 aliphatic carbocycles. The van der Waals surface area contributed by atoms with Crippen LogP contribution >= 0.6 is 22.9 Å². The van der Waals surface area contributed by atoms with Gasteiger partial charge in [0.25, 0.3) is 0 Å². The van der Waals surface area contributed by atoms with Crippen molar-refractivity contribution in [2.24, 2.45) is 5.92 Å². The lowest BCUT2D eigenvalue weighted by atomic mass is 9.96. The number of nitrogens with one attached hydrogen (secondary N) is 1. The molecule has 2 heterocycles. The minimum atomic E-state index is -0.306. The molecule has 1 amide bonds. The normalized spacial score (nSPS) is 15.2.